The average molecular weight is 392 g/mol. The molecule has 8 nitrogen and oxygen atoms in total. The molecule has 1 aliphatic rings. The van der Waals surface area contributed by atoms with Crippen LogP contribution in [0.1, 0.15) is 22.8 Å². The van der Waals surface area contributed by atoms with Crippen LogP contribution in [0, 0.1) is 0 Å². The molecule has 0 saturated carbocycles. The van der Waals surface area contributed by atoms with Crippen LogP contribution in [-0.4, -0.2) is 51.5 Å². The number of ketones is 1. The second kappa shape index (κ2) is 7.48. The molecule has 1 aromatic heterocycles. The number of methoxy groups -OCH3 is 1. The highest BCUT2D eigenvalue weighted by atomic mass is 16.5. The Bertz CT molecular complexity index is 1090. The lowest BCUT2D eigenvalue weighted by atomic mass is 9.95. The molecule has 4 rings (SSSR count). The van der Waals surface area contributed by atoms with Crippen molar-refractivity contribution < 1.29 is 19.4 Å². The van der Waals surface area contributed by atoms with E-state index in [1.807, 2.05) is 24.3 Å². The number of benzene rings is 2. The number of hydrogen-bond donors (Lipinski definition) is 1. The number of carbonyl (C=O) groups is 2. The molecule has 0 spiro atoms. The number of aliphatic hydroxyl groups excluding tert-OH is 1. The number of Topliss-reactive ketones (excluding diaryl/α,β-unsaturated/α-hetero) is 1. The Hall–Kier alpha value is -3.52. The molecule has 1 N–H and O–H groups in total. The van der Waals surface area contributed by atoms with E-state index in [1.54, 1.807) is 43.1 Å². The summed E-state index contributed by atoms with van der Waals surface area (Å²) in [6.45, 7) is 2.68. The predicted molar refractivity (Wildman–Crippen MR) is 106 cm³/mol. The molecule has 0 saturated heterocycles. The van der Waals surface area contributed by atoms with Gasteiger partial charge in [-0.05, 0) is 36.8 Å². The number of aliphatic hydroxyl groups is 1. The van der Waals surface area contributed by atoms with E-state index < -0.39 is 17.8 Å². The van der Waals surface area contributed by atoms with Crippen LogP contribution in [0.15, 0.2) is 48.7 Å². The Morgan fingerprint density at radius 2 is 2.00 bits per heavy atom. The van der Waals surface area contributed by atoms with Gasteiger partial charge in [0.05, 0.1) is 25.5 Å². The maximum absolute atomic E-state index is 12.4. The number of ether oxygens (including phenoxy) is 1. The first-order chi connectivity index (χ1) is 14.0. The second-order valence-corrected chi connectivity index (χ2v) is 6.73. The maximum atomic E-state index is 12.4. The molecule has 0 fully saturated rings. The molecule has 1 atom stereocenters. The summed E-state index contributed by atoms with van der Waals surface area (Å²) in [5.74, 6) is -0.424. The van der Waals surface area contributed by atoms with Gasteiger partial charge in [0.25, 0.3) is 5.91 Å². The van der Waals surface area contributed by atoms with Crippen LogP contribution in [0.25, 0.3) is 11.3 Å². The molecule has 0 aliphatic carbocycles. The Labute approximate surface area is 167 Å². The Balaban J connectivity index is 1.63. The number of carbonyl (C=O) groups excluding carboxylic acids is 2. The van der Waals surface area contributed by atoms with E-state index in [-0.39, 0.29) is 0 Å². The number of amides is 1. The fourth-order valence-electron chi connectivity index (χ4n) is 3.45. The van der Waals surface area contributed by atoms with Crippen molar-refractivity contribution in [3.63, 3.8) is 0 Å². The van der Waals surface area contributed by atoms with E-state index in [9.17, 15) is 14.7 Å². The van der Waals surface area contributed by atoms with E-state index in [0.717, 1.165) is 11.3 Å². The molecule has 29 heavy (non-hydrogen) atoms. The molecule has 3 aromatic rings. The summed E-state index contributed by atoms with van der Waals surface area (Å²) in [5, 5.41) is 18.3. The summed E-state index contributed by atoms with van der Waals surface area (Å²) >= 11 is 0. The smallest absolute Gasteiger partial charge is 0.263 e. The lowest BCUT2D eigenvalue weighted by Crippen LogP contribution is -2.48. The van der Waals surface area contributed by atoms with Gasteiger partial charge in [0.15, 0.2) is 6.10 Å². The number of aromatic nitrogens is 3. The van der Waals surface area contributed by atoms with Crippen LogP contribution in [-0.2, 0) is 11.3 Å². The van der Waals surface area contributed by atoms with Gasteiger partial charge in [-0.3, -0.25) is 9.59 Å². The van der Waals surface area contributed by atoms with Crippen molar-refractivity contribution in [2.45, 2.75) is 19.6 Å². The van der Waals surface area contributed by atoms with E-state index in [1.165, 1.54) is 4.90 Å². The zero-order chi connectivity index (χ0) is 20.5. The highest BCUT2D eigenvalue weighted by Crippen LogP contribution is 2.31. The normalized spacial score (nSPS) is 16.1. The van der Waals surface area contributed by atoms with Gasteiger partial charge in [-0.25, -0.2) is 4.68 Å². The van der Waals surface area contributed by atoms with Crippen LogP contribution in [0.5, 0.6) is 5.75 Å². The Kier molecular flexibility index (Phi) is 4.85. The molecule has 1 unspecified atom stereocenters. The summed E-state index contributed by atoms with van der Waals surface area (Å²) < 4.78 is 6.94. The van der Waals surface area contributed by atoms with E-state index >= 15 is 0 Å². The van der Waals surface area contributed by atoms with Gasteiger partial charge >= 0.3 is 0 Å². The monoisotopic (exact) mass is 392 g/mol. The largest absolute Gasteiger partial charge is 0.497 e. The van der Waals surface area contributed by atoms with Gasteiger partial charge < -0.3 is 14.7 Å². The van der Waals surface area contributed by atoms with Gasteiger partial charge in [0.1, 0.15) is 11.4 Å². The van der Waals surface area contributed by atoms with Crippen molar-refractivity contribution >= 4 is 17.4 Å². The third-order valence-corrected chi connectivity index (χ3v) is 4.93. The number of likely N-dealkylation sites (N-methyl/N-ethyl adjacent to an activating group) is 1. The minimum Gasteiger partial charge on any atom is -0.497 e. The minimum atomic E-state index is -1.67. The molecule has 0 radical (unpaired) electrons. The van der Waals surface area contributed by atoms with Crippen LogP contribution in [0.3, 0.4) is 0 Å². The maximum Gasteiger partial charge on any atom is 0.263 e. The number of nitrogens with zero attached hydrogens (tertiary/aromatic N) is 4. The van der Waals surface area contributed by atoms with E-state index in [2.05, 4.69) is 10.3 Å². The van der Waals surface area contributed by atoms with Crippen LogP contribution >= 0.6 is 0 Å². The van der Waals surface area contributed by atoms with Gasteiger partial charge in [0, 0.05) is 17.7 Å². The topological polar surface area (TPSA) is 97.6 Å². The molecule has 2 heterocycles. The third kappa shape index (κ3) is 3.38. The number of hydrogen-bond acceptors (Lipinski definition) is 6. The molecule has 0 bridgehead atoms. The van der Waals surface area contributed by atoms with Crippen molar-refractivity contribution in [1.29, 1.82) is 0 Å². The first-order valence-corrected chi connectivity index (χ1v) is 9.23. The molecule has 148 valence electrons. The van der Waals surface area contributed by atoms with E-state index in [4.69, 9.17) is 4.74 Å². The SMILES string of the molecule is CCN1C(=O)C(O)C(=O)c2cc(-c3cn(Cc4cccc(OC)c4)nn3)ccc21. The van der Waals surface area contributed by atoms with Gasteiger partial charge in [-0.1, -0.05) is 23.4 Å². The highest BCUT2D eigenvalue weighted by Gasteiger charge is 2.37. The standard InChI is InChI=1S/C21H20N4O4/c1-3-25-18-8-7-14(10-16(18)19(26)20(27)21(25)28)17-12-24(23-22-17)11-13-5-4-6-15(9-13)29-2/h4-10,12,20,27H,3,11H2,1-2H3. The molecule has 2 aromatic carbocycles. The molecule has 8 heteroatoms. The van der Waals surface area contributed by atoms with Gasteiger partial charge in [-0.2, -0.15) is 0 Å². The Morgan fingerprint density at radius 1 is 1.17 bits per heavy atom. The van der Waals surface area contributed by atoms with E-state index in [0.29, 0.717) is 35.6 Å². The third-order valence-electron chi connectivity index (χ3n) is 4.93. The first-order valence-electron chi connectivity index (χ1n) is 9.23. The minimum absolute atomic E-state index is 0.304. The number of rotatable bonds is 5. The summed E-state index contributed by atoms with van der Waals surface area (Å²) in [7, 11) is 1.62. The van der Waals surface area contributed by atoms with Crippen molar-refractivity contribution in [2.75, 3.05) is 18.6 Å². The van der Waals surface area contributed by atoms with Crippen molar-refractivity contribution in [3.05, 3.63) is 59.8 Å². The van der Waals surface area contributed by atoms with Gasteiger partial charge in [0.2, 0.25) is 5.78 Å². The van der Waals surface area contributed by atoms with Crippen molar-refractivity contribution in [2.24, 2.45) is 0 Å². The molecule has 1 aliphatic heterocycles. The zero-order valence-electron chi connectivity index (χ0n) is 16.1. The van der Waals surface area contributed by atoms with Crippen molar-refractivity contribution in [1.82, 2.24) is 15.0 Å². The summed E-state index contributed by atoms with van der Waals surface area (Å²) in [6, 6.07) is 12.8. The lowest BCUT2D eigenvalue weighted by molar-refractivity contribution is -0.124. The van der Waals surface area contributed by atoms with Gasteiger partial charge in [-0.15, -0.1) is 5.10 Å². The first kappa shape index (κ1) is 18.8. The van der Waals surface area contributed by atoms with Crippen molar-refractivity contribution in [3.8, 4) is 17.0 Å². The lowest BCUT2D eigenvalue weighted by Gasteiger charge is -2.30. The summed E-state index contributed by atoms with van der Waals surface area (Å²) in [6.07, 6.45) is 0.120. The number of fused-ring (bicyclic) bond motifs is 1. The molecular formula is C21H20N4O4. The molecule has 1 amide bonds. The fourth-order valence-corrected chi connectivity index (χ4v) is 3.45. The highest BCUT2D eigenvalue weighted by molar-refractivity contribution is 6.23. The predicted octanol–water partition coefficient (Wildman–Crippen LogP) is 1.91. The molecular weight excluding hydrogens is 372 g/mol. The average Bonchev–Trinajstić information content (AvgIpc) is 3.21. The van der Waals surface area contributed by atoms with Crippen LogP contribution in [0.4, 0.5) is 5.69 Å². The summed E-state index contributed by atoms with van der Waals surface area (Å²) in [4.78, 5) is 26.0. The second-order valence-electron chi connectivity index (χ2n) is 6.73. The summed E-state index contributed by atoms with van der Waals surface area (Å²) in [5.41, 5.74) is 3.10. The Morgan fingerprint density at radius 3 is 2.76 bits per heavy atom. The zero-order valence-corrected chi connectivity index (χ0v) is 16.1. The number of anilines is 1. The quantitative estimate of drug-likeness (QED) is 0.666. The fraction of sp³-hybridized carbons (Fsp3) is 0.238. The van der Waals surface area contributed by atoms with Crippen LogP contribution < -0.4 is 9.64 Å². The van der Waals surface area contributed by atoms with Crippen LogP contribution in [0.2, 0.25) is 0 Å².